The topological polar surface area (TPSA) is 519 Å². The van der Waals surface area contributed by atoms with Crippen molar-refractivity contribution in [3.05, 3.63) is 119 Å². The van der Waals surface area contributed by atoms with Gasteiger partial charge in [-0.25, -0.2) is 0 Å². The number of aliphatic carboxylic acids is 1. The Bertz CT molecular complexity index is 3390. The van der Waals surface area contributed by atoms with Crippen LogP contribution in [0.15, 0.2) is 97.1 Å². The molecule has 0 saturated heterocycles. The molecule has 0 aliphatic heterocycles. The van der Waals surface area contributed by atoms with Gasteiger partial charge in [0, 0.05) is 51.9 Å². The zero-order chi connectivity index (χ0) is 87.2. The Morgan fingerprint density at radius 1 is 0.336 bits per heavy atom. The largest absolute Gasteiger partial charge is 0.491 e. The molecule has 4 aromatic rings. The zero-order valence-electron chi connectivity index (χ0n) is 69.9. The molecular formula is C83H135N11O22. The number of carboxylic acid groups (broad SMARTS) is 1. The van der Waals surface area contributed by atoms with E-state index in [2.05, 4.69) is 73.9 Å². The molecule has 6 unspecified atom stereocenters. The number of carbonyl (C=O) groups is 9. The van der Waals surface area contributed by atoms with Crippen LogP contribution >= 0.6 is 0 Å². The number of carboxylic acids is 1. The highest BCUT2D eigenvalue weighted by Gasteiger charge is 2.30. The van der Waals surface area contributed by atoms with Crippen molar-refractivity contribution in [2.24, 2.45) is 5.73 Å². The van der Waals surface area contributed by atoms with Crippen molar-refractivity contribution >= 4 is 53.2 Å². The lowest BCUT2D eigenvalue weighted by Crippen LogP contribution is -2.53. The van der Waals surface area contributed by atoms with Crippen molar-refractivity contribution in [3.8, 4) is 23.0 Å². The Hall–Kier alpha value is -9.13. The number of nitrogens with one attached hydrogen (secondary N) is 10. The van der Waals surface area contributed by atoms with Crippen molar-refractivity contribution in [1.29, 1.82) is 0 Å². The SMILES string of the molecule is CCCCCNC(=O)C(Cc1ccc(OC(C(O)O)C(O)O)cc1)NC(=O)C(C)NC.CCCCCNC(=O)C(Cc1ccc(OC(C(O)O)C(O)O)cc1)NC(=O)C(C)NC(=O)CCC(=O)O.CCCCCNC(=O)C(Cc1ccc(OC(C)C)cc1)NC(=O)C(C)NC.CCCCCNC(=O)[C@@H](N)Cc1ccc(OC(C)C)cc1. The number of rotatable bonds is 52. The lowest BCUT2D eigenvalue weighted by molar-refractivity contribution is -0.201. The van der Waals surface area contributed by atoms with E-state index in [0.29, 0.717) is 44.6 Å². The molecule has 0 fully saturated rings. The van der Waals surface area contributed by atoms with Gasteiger partial charge in [-0.15, -0.1) is 0 Å². The summed E-state index contributed by atoms with van der Waals surface area (Å²) in [5, 5.41) is 110. The second-order valence-corrected chi connectivity index (χ2v) is 28.5. The summed E-state index contributed by atoms with van der Waals surface area (Å²) >= 11 is 0. The molecule has 4 aromatic carbocycles. The highest BCUT2D eigenvalue weighted by Crippen LogP contribution is 2.21. The predicted octanol–water partition coefficient (Wildman–Crippen LogP) is 2.82. The summed E-state index contributed by atoms with van der Waals surface area (Å²) in [5.41, 5.74) is 9.28. The lowest BCUT2D eigenvalue weighted by Gasteiger charge is -2.23. The monoisotopic (exact) mass is 1640 g/mol. The molecule has 116 heavy (non-hydrogen) atoms. The van der Waals surface area contributed by atoms with Gasteiger partial charge < -0.3 is 124 Å². The summed E-state index contributed by atoms with van der Waals surface area (Å²) in [6, 6.07) is 23.0. The number of nitrogens with two attached hydrogens (primary N) is 1. The first-order chi connectivity index (χ1) is 55.0. The fraction of sp³-hybridized carbons (Fsp3) is 0.602. The number of hydrogen-bond acceptors (Lipinski definition) is 24. The van der Waals surface area contributed by atoms with Crippen LogP contribution in [0.1, 0.15) is 188 Å². The number of carbonyl (C=O) groups excluding carboxylic acids is 8. The maximum atomic E-state index is 12.8. The third-order valence-electron chi connectivity index (χ3n) is 17.5. The van der Waals surface area contributed by atoms with Gasteiger partial charge in [0.2, 0.25) is 47.3 Å². The average molecular weight is 1640 g/mol. The Morgan fingerprint density at radius 3 is 0.845 bits per heavy atom. The number of aliphatic hydroxyl groups is 8. The minimum atomic E-state index is -2.14. The molecule has 0 heterocycles. The van der Waals surface area contributed by atoms with Crippen LogP contribution in [-0.4, -0.2) is 231 Å². The quantitative estimate of drug-likeness (QED) is 0.0223. The van der Waals surface area contributed by atoms with Crippen molar-refractivity contribution in [2.75, 3.05) is 40.3 Å². The molecule has 7 atom stereocenters. The van der Waals surface area contributed by atoms with Gasteiger partial charge >= 0.3 is 5.97 Å². The summed E-state index contributed by atoms with van der Waals surface area (Å²) in [6.07, 6.45) is 1.07. The second-order valence-electron chi connectivity index (χ2n) is 28.5. The van der Waals surface area contributed by atoms with Gasteiger partial charge in [-0.1, -0.05) is 128 Å². The van der Waals surface area contributed by atoms with Crippen LogP contribution < -0.4 is 77.8 Å². The molecular weight excluding hydrogens is 1500 g/mol. The van der Waals surface area contributed by atoms with Crippen LogP contribution in [0, 0.1) is 0 Å². The van der Waals surface area contributed by atoms with E-state index in [1.165, 1.54) is 31.2 Å². The summed E-state index contributed by atoms with van der Waals surface area (Å²) < 4.78 is 21.6. The van der Waals surface area contributed by atoms with E-state index in [9.17, 15) is 63.6 Å². The first-order valence-corrected chi connectivity index (χ1v) is 40.1. The minimum Gasteiger partial charge on any atom is -0.491 e. The molecule has 33 nitrogen and oxygen atoms in total. The third-order valence-corrected chi connectivity index (χ3v) is 17.5. The molecule has 0 radical (unpaired) electrons. The Labute approximate surface area is 683 Å². The number of benzene rings is 4. The molecule has 0 aliphatic rings. The maximum absolute atomic E-state index is 12.8. The molecule has 0 aromatic heterocycles. The predicted molar refractivity (Wildman–Crippen MR) is 439 cm³/mol. The van der Waals surface area contributed by atoms with Crippen LogP contribution in [-0.2, 0) is 68.8 Å². The van der Waals surface area contributed by atoms with E-state index < -0.39 is 97.3 Å². The van der Waals surface area contributed by atoms with Crippen LogP contribution in [0.2, 0.25) is 0 Å². The van der Waals surface area contributed by atoms with Gasteiger partial charge in [-0.2, -0.15) is 0 Å². The molecule has 33 heteroatoms. The Morgan fingerprint density at radius 2 is 0.595 bits per heavy atom. The number of likely N-dealkylation sites (N-methyl/N-ethyl adjacent to an activating group) is 2. The molecule has 654 valence electrons. The number of ether oxygens (including phenoxy) is 4. The van der Waals surface area contributed by atoms with Crippen LogP contribution in [0.4, 0.5) is 0 Å². The Balaban J connectivity index is 0.000000787. The number of amides is 8. The molecule has 0 spiro atoms. The molecule has 0 saturated carbocycles. The van der Waals surface area contributed by atoms with Gasteiger partial charge in [-0.3, -0.25) is 43.2 Å². The highest BCUT2D eigenvalue weighted by atomic mass is 16.6. The van der Waals surface area contributed by atoms with Crippen LogP contribution in [0.25, 0.3) is 0 Å². The minimum absolute atomic E-state index is 0.0694. The van der Waals surface area contributed by atoms with Gasteiger partial charge in [0.15, 0.2) is 37.4 Å². The van der Waals surface area contributed by atoms with E-state index >= 15 is 0 Å². The summed E-state index contributed by atoms with van der Waals surface area (Å²) in [4.78, 5) is 110. The molecule has 4 rings (SSSR count). The summed E-state index contributed by atoms with van der Waals surface area (Å²) in [7, 11) is 3.38. The molecule has 8 amide bonds. The lowest BCUT2D eigenvalue weighted by atomic mass is 10.0. The zero-order valence-corrected chi connectivity index (χ0v) is 69.9. The fourth-order valence-corrected chi connectivity index (χ4v) is 10.5. The van der Waals surface area contributed by atoms with E-state index in [4.69, 9.17) is 50.2 Å². The third kappa shape index (κ3) is 46.6. The van der Waals surface area contributed by atoms with Gasteiger partial charge in [-0.05, 0) is 165 Å². The van der Waals surface area contributed by atoms with E-state index in [-0.39, 0.29) is 85.0 Å². The molecule has 21 N–H and O–H groups in total. The molecule has 0 aliphatic carbocycles. The molecule has 0 bridgehead atoms. The summed E-state index contributed by atoms with van der Waals surface area (Å²) in [5.74, 6) is -1.87. The van der Waals surface area contributed by atoms with Crippen molar-refractivity contribution in [3.63, 3.8) is 0 Å². The first-order valence-electron chi connectivity index (χ1n) is 40.1. The number of aliphatic hydroxyl groups excluding tert-OH is 4. The van der Waals surface area contributed by atoms with Crippen LogP contribution in [0.5, 0.6) is 23.0 Å². The first kappa shape index (κ1) is 105. The van der Waals surface area contributed by atoms with E-state index in [1.807, 2.05) is 83.1 Å². The van der Waals surface area contributed by atoms with Gasteiger partial charge in [0.25, 0.3) is 0 Å². The Kier molecular flexibility index (Phi) is 54.6. The number of hydrogen-bond donors (Lipinski definition) is 20. The van der Waals surface area contributed by atoms with E-state index in [1.54, 1.807) is 52.2 Å². The summed E-state index contributed by atoms with van der Waals surface area (Å²) in [6.45, 7) is 23.5. The van der Waals surface area contributed by atoms with Gasteiger partial charge in [0.05, 0.1) is 36.8 Å². The van der Waals surface area contributed by atoms with Crippen molar-refractivity contribution in [2.45, 2.75) is 284 Å². The van der Waals surface area contributed by atoms with Crippen molar-refractivity contribution in [1.82, 2.24) is 53.2 Å². The highest BCUT2D eigenvalue weighted by molar-refractivity contribution is 5.93. The average Bonchev–Trinajstić information content (AvgIpc) is 0.857. The second kappa shape index (κ2) is 60.4. The van der Waals surface area contributed by atoms with E-state index in [0.717, 1.165) is 105 Å². The number of unbranched alkanes of at least 4 members (excludes halogenated alkanes) is 8. The fourth-order valence-electron chi connectivity index (χ4n) is 10.5. The van der Waals surface area contributed by atoms with Crippen LogP contribution in [0.3, 0.4) is 0 Å². The smallest absolute Gasteiger partial charge is 0.303 e. The van der Waals surface area contributed by atoms with Crippen molar-refractivity contribution < 1.29 is 108 Å². The maximum Gasteiger partial charge on any atom is 0.303 e. The standard InChI is InChI=1S/C24H37N3O10.C21H35N3O7.C21H35N3O3.C17H28N2O2/c1-3-4-5-12-25-22(32)17(27-21(31)14(2)26-18(28)10-11-19(29)30)13-15-6-8-16(9-7-15)37-20(23(33)34)24(35)36;1-4-5-6-11-23-19(26)16(24-18(25)13(2)22-3)12-14-7-9-15(10-8-14)31-17(20(27)28)21(29)30;1-6-7-8-13-23-21(26)19(24-20(25)16(4)22-5)14-17-9-11-18(12-10-17)27-15(2)3;1-4-5-6-11-19-17(20)16(18)12-14-7-9-15(10-8-14)21-13(2)3/h6-9,14,17,20,23-24,33-36H,3-5,10-13H2,1-2H3,(H,25,32)(H,26,28)(H,27,31)(H,29,30);7-10,13,16-17,20-22,27-30H,4-6,11-12H2,1-3H3,(H,23,26)(H,24,25);9-12,15-16,19,22H,6-8,13-14H2,1-5H3,(H,23,26)(H,24,25);7-10,13,16H,4-6,11-12,18H2,1-3H3,(H,19,20)/t;;;16-/m...0/s1. The van der Waals surface area contributed by atoms with Gasteiger partial charge in [0.1, 0.15) is 47.2 Å². The normalized spacial score (nSPS) is 12.9.